The Labute approximate surface area is 373 Å². The molecule has 0 aromatic heterocycles. The molecule has 63 heavy (non-hydrogen) atoms. The molecule has 0 amide bonds. The highest BCUT2D eigenvalue weighted by molar-refractivity contribution is 5.90. The molecule has 4 atom stereocenters. The van der Waals surface area contributed by atoms with Gasteiger partial charge in [-0.1, -0.05) is 185 Å². The maximum absolute atomic E-state index is 2.66. The molecule has 1 heteroatoms. The lowest BCUT2D eigenvalue weighted by Gasteiger charge is -2.52. The second kappa shape index (κ2) is 13.5. The monoisotopic (exact) mass is 811 g/mol. The Morgan fingerprint density at radius 1 is 0.365 bits per heavy atom. The zero-order valence-electron chi connectivity index (χ0n) is 36.6. The van der Waals surface area contributed by atoms with Gasteiger partial charge in [-0.25, -0.2) is 0 Å². The summed E-state index contributed by atoms with van der Waals surface area (Å²) in [6, 6.07) is 72.3. The molecule has 0 saturated heterocycles. The first-order chi connectivity index (χ1) is 30.8. The highest BCUT2D eigenvalue weighted by atomic mass is 15.1. The van der Waals surface area contributed by atoms with Crippen LogP contribution in [0.5, 0.6) is 0 Å². The molecule has 1 nitrogen and oxygen atoms in total. The van der Waals surface area contributed by atoms with Gasteiger partial charge in [-0.2, -0.15) is 0 Å². The summed E-state index contributed by atoms with van der Waals surface area (Å²) in [5.41, 5.74) is 22.3. The van der Waals surface area contributed by atoms with Gasteiger partial charge in [0.1, 0.15) is 0 Å². The van der Waals surface area contributed by atoms with Gasteiger partial charge in [-0.3, -0.25) is 0 Å². The van der Waals surface area contributed by atoms with Crippen molar-refractivity contribution < 1.29 is 0 Å². The zero-order chi connectivity index (χ0) is 42.1. The third kappa shape index (κ3) is 5.11. The van der Waals surface area contributed by atoms with Gasteiger partial charge in [-0.05, 0) is 151 Å². The Balaban J connectivity index is 1.07. The SMILES string of the molecule is CC1(C)c2ccccc2-c2ccc(N(c3ccc(-c4ccccc4)cc3)c3ccc4c(c3)[C@@](C)(C3C[C@H]5CC[C@@H](C3)C5)c3ccccc3C43c4ccccc4-c4ccccc43)cc21. The molecule has 0 heterocycles. The van der Waals surface area contributed by atoms with Crippen molar-refractivity contribution in [3.63, 3.8) is 0 Å². The van der Waals surface area contributed by atoms with Crippen LogP contribution in [0, 0.1) is 17.8 Å². The Bertz CT molecular complexity index is 3060. The van der Waals surface area contributed by atoms with Crippen LogP contribution in [-0.2, 0) is 16.2 Å². The normalized spacial score (nSPS) is 22.4. The van der Waals surface area contributed by atoms with Gasteiger partial charge in [0.2, 0.25) is 0 Å². The van der Waals surface area contributed by atoms with Gasteiger partial charge in [0, 0.05) is 27.9 Å². The van der Waals surface area contributed by atoms with Crippen molar-refractivity contribution in [2.24, 2.45) is 17.8 Å². The number of nitrogens with zero attached hydrogens (tertiary/aromatic N) is 1. The van der Waals surface area contributed by atoms with E-state index < -0.39 is 5.41 Å². The fraction of sp³-hybridized carbons (Fsp3) is 0.226. The van der Waals surface area contributed by atoms with E-state index >= 15 is 0 Å². The third-order valence-corrected chi connectivity index (χ3v) is 16.8. The second-order valence-corrected chi connectivity index (χ2v) is 20.2. The summed E-state index contributed by atoms with van der Waals surface area (Å²) in [5, 5.41) is 0. The molecule has 13 rings (SSSR count). The minimum atomic E-state index is -0.420. The van der Waals surface area contributed by atoms with Crippen molar-refractivity contribution in [1.29, 1.82) is 0 Å². The van der Waals surface area contributed by atoms with E-state index in [1.165, 1.54) is 127 Å². The van der Waals surface area contributed by atoms with Crippen LogP contribution in [0.15, 0.2) is 188 Å². The van der Waals surface area contributed by atoms with Crippen molar-refractivity contribution >= 4 is 17.1 Å². The number of hydrogen-bond acceptors (Lipinski definition) is 1. The van der Waals surface area contributed by atoms with E-state index in [2.05, 4.69) is 214 Å². The van der Waals surface area contributed by atoms with Crippen LogP contribution in [0.4, 0.5) is 17.1 Å². The summed E-state index contributed by atoms with van der Waals surface area (Å²) in [6.45, 7) is 7.45. The molecule has 2 bridgehead atoms. The first-order valence-electron chi connectivity index (χ1n) is 23.5. The lowest BCUT2D eigenvalue weighted by atomic mass is 9.50. The summed E-state index contributed by atoms with van der Waals surface area (Å²) in [5.74, 6) is 2.21. The standard InChI is InChI=1S/C62H53N/c1-60(2)52-20-10-7-17-48(52)51-33-31-46(38-58(51)60)63(45-29-27-43(28-30-45)42-15-5-4-6-16-42)47-32-34-57-59(39-47)61(3,44-36-40-25-26-41(35-40)37-44)55-23-13-14-24-56(55)62(57)53-21-11-8-18-49(53)50-19-9-12-22-54(50)62/h4-24,27-34,38-41,44H,25-26,35-37H2,1-3H3/t40-,41+,44?,61-/m0/s1. The molecular formula is C62H53N. The van der Waals surface area contributed by atoms with Crippen LogP contribution in [0.1, 0.15) is 97.4 Å². The van der Waals surface area contributed by atoms with Crippen LogP contribution in [0.25, 0.3) is 33.4 Å². The number of anilines is 3. The van der Waals surface area contributed by atoms with Gasteiger partial charge in [0.25, 0.3) is 0 Å². The van der Waals surface area contributed by atoms with Crippen LogP contribution in [0.3, 0.4) is 0 Å². The Kier molecular flexibility index (Phi) is 7.98. The number of rotatable bonds is 5. The molecule has 8 aromatic carbocycles. The van der Waals surface area contributed by atoms with Gasteiger partial charge in [0.15, 0.2) is 0 Å². The summed E-state index contributed by atoms with van der Waals surface area (Å²) in [7, 11) is 0. The minimum absolute atomic E-state index is 0.112. The predicted octanol–water partition coefficient (Wildman–Crippen LogP) is 15.9. The molecular weight excluding hydrogens is 759 g/mol. The Morgan fingerprint density at radius 3 is 1.48 bits per heavy atom. The van der Waals surface area contributed by atoms with E-state index in [-0.39, 0.29) is 10.8 Å². The summed E-state index contributed by atoms with van der Waals surface area (Å²) < 4.78 is 0. The van der Waals surface area contributed by atoms with Crippen molar-refractivity contribution in [3.8, 4) is 33.4 Å². The van der Waals surface area contributed by atoms with Gasteiger partial charge in [-0.15, -0.1) is 0 Å². The largest absolute Gasteiger partial charge is 0.310 e. The quantitative estimate of drug-likeness (QED) is 0.167. The van der Waals surface area contributed by atoms with E-state index in [9.17, 15) is 0 Å². The Morgan fingerprint density at radius 2 is 0.825 bits per heavy atom. The average Bonchev–Trinajstić information content (AvgIpc) is 3.92. The van der Waals surface area contributed by atoms with E-state index in [0.717, 1.165) is 11.8 Å². The third-order valence-electron chi connectivity index (χ3n) is 16.8. The van der Waals surface area contributed by atoms with Crippen LogP contribution in [0.2, 0.25) is 0 Å². The predicted molar refractivity (Wildman–Crippen MR) is 261 cm³/mol. The van der Waals surface area contributed by atoms with Crippen LogP contribution < -0.4 is 4.90 Å². The lowest BCUT2D eigenvalue weighted by molar-refractivity contribution is 0.187. The average molecular weight is 812 g/mol. The second-order valence-electron chi connectivity index (χ2n) is 20.2. The first kappa shape index (κ1) is 37.1. The van der Waals surface area contributed by atoms with Crippen LogP contribution in [-0.4, -0.2) is 0 Å². The summed E-state index contributed by atoms with van der Waals surface area (Å²) >= 11 is 0. The van der Waals surface area contributed by atoms with Crippen molar-refractivity contribution in [1.82, 2.24) is 0 Å². The maximum atomic E-state index is 2.66. The molecule has 2 fully saturated rings. The first-order valence-corrected chi connectivity index (χ1v) is 23.5. The molecule has 8 aromatic rings. The van der Waals surface area contributed by atoms with Crippen molar-refractivity contribution in [2.45, 2.75) is 69.1 Å². The summed E-state index contributed by atoms with van der Waals surface area (Å²) in [6.07, 6.45) is 6.80. The van der Waals surface area contributed by atoms with Gasteiger partial charge >= 0.3 is 0 Å². The highest BCUT2D eigenvalue weighted by Gasteiger charge is 2.57. The Hall–Kier alpha value is -6.44. The van der Waals surface area contributed by atoms with E-state index in [0.29, 0.717) is 5.92 Å². The number of benzene rings is 8. The van der Waals surface area contributed by atoms with E-state index in [1.54, 1.807) is 0 Å². The molecule has 2 saturated carbocycles. The number of hydrogen-bond donors (Lipinski definition) is 0. The molecule has 5 aliphatic rings. The molecule has 0 N–H and O–H groups in total. The molecule has 0 aliphatic heterocycles. The van der Waals surface area contributed by atoms with E-state index in [1.807, 2.05) is 0 Å². The molecule has 0 radical (unpaired) electrons. The topological polar surface area (TPSA) is 3.24 Å². The minimum Gasteiger partial charge on any atom is -0.310 e. The van der Waals surface area contributed by atoms with Crippen LogP contribution >= 0.6 is 0 Å². The van der Waals surface area contributed by atoms with Crippen molar-refractivity contribution in [3.05, 3.63) is 233 Å². The van der Waals surface area contributed by atoms with Gasteiger partial charge < -0.3 is 4.90 Å². The fourth-order valence-corrected chi connectivity index (χ4v) is 13.9. The number of fused-ring (bicyclic) bond motifs is 14. The highest BCUT2D eigenvalue weighted by Crippen LogP contribution is 2.66. The maximum Gasteiger partial charge on any atom is 0.0719 e. The molecule has 306 valence electrons. The molecule has 5 aliphatic carbocycles. The van der Waals surface area contributed by atoms with E-state index in [4.69, 9.17) is 0 Å². The fourth-order valence-electron chi connectivity index (χ4n) is 13.9. The molecule has 1 unspecified atom stereocenters. The molecule has 1 spiro atoms. The lowest BCUT2D eigenvalue weighted by Crippen LogP contribution is -2.46. The summed E-state index contributed by atoms with van der Waals surface area (Å²) in [4.78, 5) is 2.56. The van der Waals surface area contributed by atoms with Crippen molar-refractivity contribution in [2.75, 3.05) is 4.90 Å². The van der Waals surface area contributed by atoms with Gasteiger partial charge in [0.05, 0.1) is 5.41 Å². The smallest absolute Gasteiger partial charge is 0.0719 e. The zero-order valence-corrected chi connectivity index (χ0v) is 36.6.